The zero-order valence-electron chi connectivity index (χ0n) is 17.7. The fourth-order valence-electron chi connectivity index (χ4n) is 4.90. The van der Waals surface area contributed by atoms with Crippen molar-refractivity contribution in [1.29, 1.82) is 0 Å². The number of ether oxygens (including phenoxy) is 2. The highest BCUT2D eigenvalue weighted by Gasteiger charge is 2.44. The quantitative estimate of drug-likeness (QED) is 0.303. The first kappa shape index (κ1) is 21.1. The first-order chi connectivity index (χ1) is 15.0. The van der Waals surface area contributed by atoms with Gasteiger partial charge in [0.25, 0.3) is 0 Å². The van der Waals surface area contributed by atoms with Crippen LogP contribution in [0.4, 0.5) is 0 Å². The molecule has 31 heavy (non-hydrogen) atoms. The minimum atomic E-state index is -0.465. The lowest BCUT2D eigenvalue weighted by Crippen LogP contribution is -2.55. The van der Waals surface area contributed by atoms with Gasteiger partial charge >= 0.3 is 5.97 Å². The predicted octanol–water partition coefficient (Wildman–Crippen LogP) is 2.00. The van der Waals surface area contributed by atoms with Crippen molar-refractivity contribution in [2.75, 3.05) is 26.7 Å². The second kappa shape index (κ2) is 8.93. The Balaban J connectivity index is 1.73. The maximum absolute atomic E-state index is 12.6. The normalized spacial score (nSPS) is 25.6. The number of aliphatic imine (C=N–C) groups is 1. The van der Waals surface area contributed by atoms with Gasteiger partial charge < -0.3 is 20.9 Å². The van der Waals surface area contributed by atoms with Crippen molar-refractivity contribution in [2.24, 2.45) is 28.3 Å². The van der Waals surface area contributed by atoms with Gasteiger partial charge in [-0.1, -0.05) is 6.08 Å². The van der Waals surface area contributed by atoms with E-state index in [-0.39, 0.29) is 18.5 Å². The number of hydrogen-bond acceptors (Lipinski definition) is 6. The van der Waals surface area contributed by atoms with Crippen molar-refractivity contribution in [2.45, 2.75) is 25.0 Å². The number of fused-ring (bicyclic) bond motifs is 4. The van der Waals surface area contributed by atoms with E-state index in [9.17, 15) is 4.79 Å². The summed E-state index contributed by atoms with van der Waals surface area (Å²) < 4.78 is 11.5. The molecule has 0 saturated carbocycles. The van der Waals surface area contributed by atoms with Crippen LogP contribution in [0.1, 0.15) is 24.5 Å². The van der Waals surface area contributed by atoms with Crippen LogP contribution in [0.15, 0.2) is 48.1 Å². The number of benzene rings is 1. The molecule has 4 N–H and O–H groups in total. The fraction of sp³-hybridized carbons (Fsp3) is 0.435. The molecule has 0 amide bonds. The molecule has 0 spiro atoms. The maximum Gasteiger partial charge on any atom is 0.328 e. The van der Waals surface area contributed by atoms with Gasteiger partial charge in [0.1, 0.15) is 18.4 Å². The molecule has 0 radical (unpaired) electrons. The Kier molecular flexibility index (Phi) is 6.08. The van der Waals surface area contributed by atoms with E-state index in [1.165, 1.54) is 0 Å². The van der Waals surface area contributed by atoms with E-state index >= 15 is 0 Å². The predicted molar refractivity (Wildman–Crippen MR) is 120 cm³/mol. The molecule has 1 aromatic heterocycles. The molecule has 164 valence electrons. The first-order valence-electron chi connectivity index (χ1n) is 10.5. The number of methoxy groups -OCH3 is 1. The monoisotopic (exact) mass is 423 g/mol. The Morgan fingerprint density at radius 2 is 2.26 bits per heavy atom. The Morgan fingerprint density at radius 1 is 1.42 bits per heavy atom. The number of guanidine groups is 1. The minimum Gasteiger partial charge on any atom is -0.497 e. The molecule has 2 aromatic rings. The van der Waals surface area contributed by atoms with Gasteiger partial charge in [0.15, 0.2) is 5.96 Å². The molecular formula is C23H29N5O3. The summed E-state index contributed by atoms with van der Waals surface area (Å²) in [5.41, 5.74) is 12.5. The van der Waals surface area contributed by atoms with Gasteiger partial charge in [-0.25, -0.2) is 4.99 Å². The van der Waals surface area contributed by atoms with Crippen LogP contribution in [-0.4, -0.2) is 54.6 Å². The van der Waals surface area contributed by atoms with Crippen LogP contribution < -0.4 is 16.2 Å². The lowest BCUT2D eigenvalue weighted by molar-refractivity contribution is -0.155. The number of nitrogens with zero attached hydrogens (tertiary/aromatic N) is 3. The van der Waals surface area contributed by atoms with Crippen LogP contribution in [0.25, 0.3) is 10.9 Å². The van der Waals surface area contributed by atoms with E-state index in [4.69, 9.17) is 20.9 Å². The fourth-order valence-corrected chi connectivity index (χ4v) is 4.90. The number of carbonyl (C=O) groups is 1. The van der Waals surface area contributed by atoms with Gasteiger partial charge in [0, 0.05) is 23.7 Å². The van der Waals surface area contributed by atoms with E-state index in [0.717, 1.165) is 48.1 Å². The number of esters is 1. The summed E-state index contributed by atoms with van der Waals surface area (Å²) in [5.74, 6) is 1.13. The summed E-state index contributed by atoms with van der Waals surface area (Å²) >= 11 is 0. The third-order valence-electron chi connectivity index (χ3n) is 6.44. The number of hydrogen-bond donors (Lipinski definition) is 2. The molecule has 8 heteroatoms. The van der Waals surface area contributed by atoms with E-state index in [1.807, 2.05) is 24.3 Å². The van der Waals surface area contributed by atoms with Gasteiger partial charge in [0.2, 0.25) is 0 Å². The third-order valence-corrected chi connectivity index (χ3v) is 6.44. The average molecular weight is 424 g/mol. The lowest BCUT2D eigenvalue weighted by Gasteiger charge is -2.51. The number of piperidine rings is 3. The summed E-state index contributed by atoms with van der Waals surface area (Å²) in [7, 11) is 1.63. The Bertz CT molecular complexity index is 1000. The molecule has 3 aliphatic heterocycles. The summed E-state index contributed by atoms with van der Waals surface area (Å²) in [6, 6.07) is 7.72. The molecule has 5 rings (SSSR count). The molecule has 1 aromatic carbocycles. The molecule has 5 atom stereocenters. The summed E-state index contributed by atoms with van der Waals surface area (Å²) in [6.07, 6.45) is 5.41. The minimum absolute atomic E-state index is 0.0647. The molecule has 0 aliphatic carbocycles. The summed E-state index contributed by atoms with van der Waals surface area (Å²) in [6.45, 7) is 5.70. The van der Waals surface area contributed by atoms with E-state index in [2.05, 4.69) is 27.5 Å². The topological polar surface area (TPSA) is 116 Å². The number of nitrogens with two attached hydrogens (primary N) is 2. The van der Waals surface area contributed by atoms with E-state index in [1.54, 1.807) is 13.3 Å². The second-order valence-electron chi connectivity index (χ2n) is 8.18. The van der Waals surface area contributed by atoms with E-state index < -0.39 is 12.1 Å². The second-order valence-corrected chi connectivity index (χ2v) is 8.18. The van der Waals surface area contributed by atoms with Crippen LogP contribution in [0.5, 0.6) is 5.75 Å². The highest BCUT2D eigenvalue weighted by Crippen LogP contribution is 2.43. The smallest absolute Gasteiger partial charge is 0.328 e. The highest BCUT2D eigenvalue weighted by molar-refractivity contribution is 5.85. The van der Waals surface area contributed by atoms with E-state index in [0.29, 0.717) is 11.8 Å². The molecule has 3 aliphatic rings. The van der Waals surface area contributed by atoms with Crippen molar-refractivity contribution in [3.05, 3.63) is 48.7 Å². The largest absolute Gasteiger partial charge is 0.497 e. The van der Waals surface area contributed by atoms with Crippen molar-refractivity contribution < 1.29 is 14.3 Å². The molecule has 8 nitrogen and oxygen atoms in total. The van der Waals surface area contributed by atoms with Gasteiger partial charge in [-0.2, -0.15) is 0 Å². The highest BCUT2D eigenvalue weighted by atomic mass is 16.5. The average Bonchev–Trinajstić information content (AvgIpc) is 2.80. The van der Waals surface area contributed by atoms with Crippen molar-refractivity contribution in [3.8, 4) is 5.75 Å². The van der Waals surface area contributed by atoms with Gasteiger partial charge in [-0.05, 0) is 55.5 Å². The summed E-state index contributed by atoms with van der Waals surface area (Å²) in [4.78, 5) is 23.4. The summed E-state index contributed by atoms with van der Waals surface area (Å²) in [5, 5.41) is 0.907. The molecule has 3 fully saturated rings. The number of pyridine rings is 1. The maximum atomic E-state index is 12.6. The number of aromatic nitrogens is 1. The van der Waals surface area contributed by atoms with Crippen LogP contribution in [0.2, 0.25) is 0 Å². The van der Waals surface area contributed by atoms with Gasteiger partial charge in [0.05, 0.1) is 18.7 Å². The number of carbonyl (C=O) groups excluding carboxylic acids is 1. The first-order valence-corrected chi connectivity index (χ1v) is 10.5. The van der Waals surface area contributed by atoms with Crippen molar-refractivity contribution in [1.82, 2.24) is 9.88 Å². The SMILES string of the molecule is C=C[C@@H]1CN2CC[C@H]1C[C@H]2[C@H](OC(=O)CN=C(N)N)c1ccnc2ccc(OC)cc12. The van der Waals surface area contributed by atoms with Crippen LogP contribution >= 0.6 is 0 Å². The Labute approximate surface area is 181 Å². The van der Waals surface area contributed by atoms with Gasteiger partial charge in [-0.15, -0.1) is 6.58 Å². The molecular weight excluding hydrogens is 394 g/mol. The van der Waals surface area contributed by atoms with Crippen LogP contribution in [0.3, 0.4) is 0 Å². The standard InChI is InChI=1S/C23H29N5O3/c1-3-14-13-28-9-7-15(14)10-20(28)22(31-21(29)12-27-23(24)25)17-6-8-26-19-5-4-16(30-2)11-18(17)19/h3-6,8,11,14-15,20,22H,1,7,9-10,12-13H2,2H3,(H4,24,25,27)/t14-,15+,20+,22-/m1/s1. The lowest BCUT2D eigenvalue weighted by atomic mass is 9.73. The molecule has 2 bridgehead atoms. The zero-order chi connectivity index (χ0) is 22.0. The van der Waals surface area contributed by atoms with Crippen LogP contribution in [-0.2, 0) is 9.53 Å². The third kappa shape index (κ3) is 4.34. The Hall–Kier alpha value is -3.13. The van der Waals surface area contributed by atoms with Crippen molar-refractivity contribution in [3.63, 3.8) is 0 Å². The molecule has 1 unspecified atom stereocenters. The number of rotatable bonds is 7. The van der Waals surface area contributed by atoms with Gasteiger partial charge in [-0.3, -0.25) is 14.7 Å². The molecule has 3 saturated heterocycles. The van der Waals surface area contributed by atoms with Crippen LogP contribution in [0, 0.1) is 11.8 Å². The molecule has 4 heterocycles. The Morgan fingerprint density at radius 3 is 2.94 bits per heavy atom. The van der Waals surface area contributed by atoms with Crippen molar-refractivity contribution >= 4 is 22.8 Å². The zero-order valence-corrected chi connectivity index (χ0v) is 17.7.